The summed E-state index contributed by atoms with van der Waals surface area (Å²) in [6, 6.07) is 8.75. The van der Waals surface area contributed by atoms with E-state index in [0.717, 1.165) is 5.56 Å². The van der Waals surface area contributed by atoms with Crippen molar-refractivity contribution in [2.45, 2.75) is 32.8 Å². The summed E-state index contributed by atoms with van der Waals surface area (Å²) in [6.45, 7) is 4.14. The molecule has 0 radical (unpaired) electrons. The van der Waals surface area contributed by atoms with Gasteiger partial charge in [-0.25, -0.2) is 4.79 Å². The zero-order valence-electron chi connectivity index (χ0n) is 15.5. The molecule has 1 aliphatic rings. The summed E-state index contributed by atoms with van der Waals surface area (Å²) in [4.78, 5) is 49.1. The summed E-state index contributed by atoms with van der Waals surface area (Å²) in [5.41, 5.74) is 6.05. The molecule has 8 nitrogen and oxygen atoms in total. The van der Waals surface area contributed by atoms with Crippen LogP contribution in [0.2, 0.25) is 0 Å². The van der Waals surface area contributed by atoms with Crippen LogP contribution in [0.25, 0.3) is 0 Å². The molecule has 0 saturated carbocycles. The Balaban J connectivity index is 1.91. The van der Waals surface area contributed by atoms with Crippen LogP contribution in [0.4, 0.5) is 4.79 Å². The van der Waals surface area contributed by atoms with E-state index >= 15 is 0 Å². The summed E-state index contributed by atoms with van der Waals surface area (Å²) in [6.07, 6.45) is -0.390. The lowest BCUT2D eigenvalue weighted by molar-refractivity contribution is -0.162. The van der Waals surface area contributed by atoms with Crippen molar-refractivity contribution in [1.82, 2.24) is 10.2 Å². The van der Waals surface area contributed by atoms with Crippen molar-refractivity contribution in [2.24, 2.45) is 17.6 Å². The van der Waals surface area contributed by atoms with Crippen molar-refractivity contribution >= 4 is 23.8 Å². The van der Waals surface area contributed by atoms with Gasteiger partial charge in [0.1, 0.15) is 0 Å². The molecule has 146 valence electrons. The Morgan fingerprint density at radius 3 is 2.52 bits per heavy atom. The Bertz CT molecular complexity index is 705. The van der Waals surface area contributed by atoms with E-state index in [1.807, 2.05) is 35.6 Å². The number of hydrogen-bond acceptors (Lipinski definition) is 5. The van der Waals surface area contributed by atoms with Crippen LogP contribution in [-0.4, -0.2) is 47.9 Å². The van der Waals surface area contributed by atoms with E-state index in [2.05, 4.69) is 0 Å². The second-order valence-electron chi connectivity index (χ2n) is 6.93. The van der Waals surface area contributed by atoms with Crippen molar-refractivity contribution in [3.63, 3.8) is 0 Å². The number of esters is 1. The number of carbonyl (C=O) groups is 4. The Morgan fingerprint density at radius 1 is 1.26 bits per heavy atom. The maximum absolute atomic E-state index is 12.4. The first-order chi connectivity index (χ1) is 12.8. The first kappa shape index (κ1) is 20.4. The Labute approximate surface area is 158 Å². The van der Waals surface area contributed by atoms with Crippen LogP contribution in [0.3, 0.4) is 0 Å². The summed E-state index contributed by atoms with van der Waals surface area (Å²) in [5, 5.41) is 1.92. The minimum absolute atomic E-state index is 0.0515. The maximum Gasteiger partial charge on any atom is 0.318 e. The van der Waals surface area contributed by atoms with Gasteiger partial charge in [-0.2, -0.15) is 0 Å². The maximum atomic E-state index is 12.4. The van der Waals surface area contributed by atoms with Crippen molar-refractivity contribution < 1.29 is 23.9 Å². The largest absolute Gasteiger partial charge is 0.452 e. The Hall–Kier alpha value is -2.90. The van der Waals surface area contributed by atoms with Crippen LogP contribution in [0.1, 0.15) is 25.8 Å². The molecule has 0 unspecified atom stereocenters. The van der Waals surface area contributed by atoms with Crippen molar-refractivity contribution in [1.29, 1.82) is 0 Å². The summed E-state index contributed by atoms with van der Waals surface area (Å²) < 4.78 is 5.28. The van der Waals surface area contributed by atoms with Gasteiger partial charge in [0.2, 0.25) is 5.91 Å². The van der Waals surface area contributed by atoms with Crippen LogP contribution < -0.4 is 11.1 Å². The number of rotatable bonds is 7. The average Bonchev–Trinajstić information content (AvgIpc) is 2.98. The molecular formula is C19H25N3O5. The lowest BCUT2D eigenvalue weighted by atomic mass is 10.1. The molecule has 0 aromatic heterocycles. The predicted octanol–water partition coefficient (Wildman–Crippen LogP) is 0.840. The Kier molecular flexibility index (Phi) is 6.92. The molecule has 27 heavy (non-hydrogen) atoms. The van der Waals surface area contributed by atoms with E-state index in [1.165, 1.54) is 0 Å². The highest BCUT2D eigenvalue weighted by molar-refractivity contribution is 5.97. The van der Waals surface area contributed by atoms with E-state index < -0.39 is 29.9 Å². The molecule has 1 fully saturated rings. The molecule has 0 aliphatic carbocycles. The molecule has 4 amide bonds. The molecule has 0 spiro atoms. The van der Waals surface area contributed by atoms with Gasteiger partial charge in [0.15, 0.2) is 6.10 Å². The van der Waals surface area contributed by atoms with E-state index in [-0.39, 0.29) is 24.8 Å². The number of nitrogens with zero attached hydrogens (tertiary/aromatic N) is 1. The van der Waals surface area contributed by atoms with Crippen molar-refractivity contribution in [3.05, 3.63) is 35.9 Å². The van der Waals surface area contributed by atoms with Gasteiger partial charge in [-0.1, -0.05) is 44.2 Å². The van der Waals surface area contributed by atoms with Crippen molar-refractivity contribution in [3.8, 4) is 0 Å². The summed E-state index contributed by atoms with van der Waals surface area (Å²) >= 11 is 0. The molecule has 1 aromatic carbocycles. The fourth-order valence-electron chi connectivity index (χ4n) is 2.96. The van der Waals surface area contributed by atoms with Gasteiger partial charge in [-0.3, -0.25) is 19.7 Å². The number of benzene rings is 1. The van der Waals surface area contributed by atoms with E-state index in [4.69, 9.17) is 10.5 Å². The van der Waals surface area contributed by atoms with E-state index in [1.54, 1.807) is 18.7 Å². The van der Waals surface area contributed by atoms with Gasteiger partial charge in [-0.15, -0.1) is 0 Å². The van der Waals surface area contributed by atoms with Crippen LogP contribution in [-0.2, 0) is 25.5 Å². The molecule has 3 N–H and O–H groups in total. The van der Waals surface area contributed by atoms with Gasteiger partial charge in [0.25, 0.3) is 5.91 Å². The van der Waals surface area contributed by atoms with Gasteiger partial charge in [0.05, 0.1) is 5.92 Å². The van der Waals surface area contributed by atoms with Gasteiger partial charge < -0.3 is 15.4 Å². The van der Waals surface area contributed by atoms with Gasteiger partial charge in [-0.05, 0) is 17.9 Å². The normalized spacial score (nSPS) is 17.7. The smallest absolute Gasteiger partial charge is 0.318 e. The first-order valence-corrected chi connectivity index (χ1v) is 8.90. The number of urea groups is 1. The average molecular weight is 375 g/mol. The zero-order chi connectivity index (χ0) is 20.0. The number of nitrogens with two attached hydrogens (primary N) is 1. The SMILES string of the molecule is CC(C)[C@@H](OC(=O)[C@@H]1CC(=O)N(CCc2ccccc2)C1)C(=O)NC(N)=O. The molecule has 1 aliphatic heterocycles. The molecule has 1 aromatic rings. The van der Waals surface area contributed by atoms with E-state index in [0.29, 0.717) is 13.0 Å². The fourth-order valence-corrected chi connectivity index (χ4v) is 2.96. The number of amides is 4. The summed E-state index contributed by atoms with van der Waals surface area (Å²) in [5.74, 6) is -2.48. The molecule has 1 saturated heterocycles. The van der Waals surface area contributed by atoms with Crippen LogP contribution >= 0.6 is 0 Å². The third-order valence-electron chi connectivity index (χ3n) is 4.41. The Morgan fingerprint density at radius 2 is 1.93 bits per heavy atom. The topological polar surface area (TPSA) is 119 Å². The second kappa shape index (κ2) is 9.16. The highest BCUT2D eigenvalue weighted by atomic mass is 16.5. The standard InChI is InChI=1S/C19H25N3O5/c1-12(2)16(17(24)21-19(20)26)27-18(25)14-10-15(23)22(11-14)9-8-13-6-4-3-5-7-13/h3-7,12,14,16H,8-11H2,1-2H3,(H3,20,21,24,26)/t14-,16-/m1/s1. The minimum Gasteiger partial charge on any atom is -0.452 e. The number of ether oxygens (including phenoxy) is 1. The van der Waals surface area contributed by atoms with Crippen molar-refractivity contribution in [2.75, 3.05) is 13.1 Å². The molecular weight excluding hydrogens is 350 g/mol. The highest BCUT2D eigenvalue weighted by Crippen LogP contribution is 2.21. The number of likely N-dealkylation sites (tertiary alicyclic amines) is 1. The number of carbonyl (C=O) groups excluding carboxylic acids is 4. The lowest BCUT2D eigenvalue weighted by Gasteiger charge is -2.22. The van der Waals surface area contributed by atoms with Gasteiger partial charge in [0, 0.05) is 19.5 Å². The third kappa shape index (κ3) is 5.80. The molecule has 8 heteroatoms. The number of hydrogen-bond donors (Lipinski definition) is 2. The van der Waals surface area contributed by atoms with Crippen LogP contribution in [0, 0.1) is 11.8 Å². The molecule has 1 heterocycles. The monoisotopic (exact) mass is 375 g/mol. The van der Waals surface area contributed by atoms with E-state index in [9.17, 15) is 19.2 Å². The molecule has 2 rings (SSSR count). The summed E-state index contributed by atoms with van der Waals surface area (Å²) in [7, 11) is 0. The number of imide groups is 1. The van der Waals surface area contributed by atoms with Crippen LogP contribution in [0.5, 0.6) is 0 Å². The lowest BCUT2D eigenvalue weighted by Crippen LogP contribution is -2.46. The predicted molar refractivity (Wildman–Crippen MR) is 97.3 cm³/mol. The first-order valence-electron chi connectivity index (χ1n) is 8.90. The van der Waals surface area contributed by atoms with Crippen LogP contribution in [0.15, 0.2) is 30.3 Å². The minimum atomic E-state index is -1.14. The number of primary amides is 1. The third-order valence-corrected chi connectivity index (χ3v) is 4.41. The number of nitrogens with one attached hydrogen (secondary N) is 1. The fraction of sp³-hybridized carbons (Fsp3) is 0.474. The quantitative estimate of drug-likeness (QED) is 0.685. The zero-order valence-corrected chi connectivity index (χ0v) is 15.5. The molecule has 0 bridgehead atoms. The highest BCUT2D eigenvalue weighted by Gasteiger charge is 2.37. The second-order valence-corrected chi connectivity index (χ2v) is 6.93. The van der Waals surface area contributed by atoms with Gasteiger partial charge >= 0.3 is 12.0 Å². The molecule has 2 atom stereocenters.